The molecular weight excluding hydrogens is 368 g/mol. The molecule has 2 aromatic carbocycles. The zero-order valence-corrected chi connectivity index (χ0v) is 15.0. The number of hydrogen-bond acceptors (Lipinski definition) is 6. The third kappa shape index (κ3) is 3.24. The molecule has 0 atom stereocenters. The molecule has 5 nitrogen and oxygen atoms in total. The average Bonchev–Trinajstić information content (AvgIpc) is 3.09. The van der Waals surface area contributed by atoms with Crippen molar-refractivity contribution < 1.29 is 5.11 Å². The van der Waals surface area contributed by atoms with Crippen molar-refractivity contribution in [1.29, 1.82) is 0 Å². The van der Waals surface area contributed by atoms with Crippen LogP contribution in [-0.2, 0) is 0 Å². The molecule has 0 saturated heterocycles. The van der Waals surface area contributed by atoms with Crippen LogP contribution in [0.25, 0.3) is 21.3 Å². The van der Waals surface area contributed by atoms with Gasteiger partial charge >= 0.3 is 0 Å². The second-order valence-corrected chi connectivity index (χ2v) is 6.78. The predicted octanol–water partition coefficient (Wildman–Crippen LogP) is 5.16. The highest BCUT2D eigenvalue weighted by atomic mass is 35.5. The van der Waals surface area contributed by atoms with E-state index >= 15 is 0 Å². The molecule has 0 bridgehead atoms. The maximum Gasteiger partial charge on any atom is 0.159 e. The normalized spacial score (nSPS) is 11.3. The monoisotopic (exact) mass is 380 g/mol. The van der Waals surface area contributed by atoms with Gasteiger partial charge in [-0.3, -0.25) is 5.43 Å². The van der Waals surface area contributed by atoms with E-state index in [0.29, 0.717) is 16.4 Å². The van der Waals surface area contributed by atoms with E-state index in [0.717, 1.165) is 21.3 Å². The number of aromatic nitrogens is 2. The molecule has 0 aliphatic heterocycles. The van der Waals surface area contributed by atoms with Crippen LogP contribution in [0.4, 0.5) is 5.82 Å². The molecule has 0 aliphatic rings. The summed E-state index contributed by atoms with van der Waals surface area (Å²) >= 11 is 7.53. The number of rotatable bonds is 4. The fraction of sp³-hybridized carbons (Fsp3) is 0. The van der Waals surface area contributed by atoms with Gasteiger partial charge in [-0.05, 0) is 29.8 Å². The van der Waals surface area contributed by atoms with Crippen LogP contribution in [0.15, 0.2) is 65.3 Å². The summed E-state index contributed by atoms with van der Waals surface area (Å²) in [7, 11) is 0. The van der Waals surface area contributed by atoms with E-state index in [1.807, 2.05) is 35.7 Å². The lowest BCUT2D eigenvalue weighted by molar-refractivity contribution is 0.474. The van der Waals surface area contributed by atoms with E-state index in [9.17, 15) is 5.11 Å². The van der Waals surface area contributed by atoms with Gasteiger partial charge in [-0.1, -0.05) is 35.9 Å². The highest BCUT2D eigenvalue weighted by molar-refractivity contribution is 7.17. The van der Waals surface area contributed by atoms with E-state index in [2.05, 4.69) is 20.5 Å². The van der Waals surface area contributed by atoms with Crippen LogP contribution in [-0.4, -0.2) is 21.3 Å². The highest BCUT2D eigenvalue weighted by Crippen LogP contribution is 2.36. The van der Waals surface area contributed by atoms with Gasteiger partial charge in [-0.15, -0.1) is 11.3 Å². The minimum absolute atomic E-state index is 0.170. The van der Waals surface area contributed by atoms with Gasteiger partial charge in [-0.2, -0.15) is 5.10 Å². The summed E-state index contributed by atoms with van der Waals surface area (Å²) in [6.45, 7) is 0. The van der Waals surface area contributed by atoms with Crippen molar-refractivity contribution in [2.75, 3.05) is 5.43 Å². The summed E-state index contributed by atoms with van der Waals surface area (Å²) in [4.78, 5) is 9.52. The maximum atomic E-state index is 9.81. The SMILES string of the molecule is Oc1ccccc1C=NNc1ncnc2scc(-c3ccc(Cl)cc3)c12. The molecule has 2 aromatic heterocycles. The van der Waals surface area contributed by atoms with Crippen LogP contribution in [0.5, 0.6) is 5.75 Å². The minimum Gasteiger partial charge on any atom is -0.507 e. The molecule has 7 heteroatoms. The van der Waals surface area contributed by atoms with Crippen LogP contribution in [0.1, 0.15) is 5.56 Å². The van der Waals surface area contributed by atoms with E-state index in [1.165, 1.54) is 6.33 Å². The highest BCUT2D eigenvalue weighted by Gasteiger charge is 2.12. The molecule has 0 radical (unpaired) electrons. The summed E-state index contributed by atoms with van der Waals surface area (Å²) in [5.74, 6) is 0.774. The Hall–Kier alpha value is -2.96. The van der Waals surface area contributed by atoms with Crippen molar-refractivity contribution >= 4 is 45.2 Å². The standard InChI is InChI=1S/C19H13ClN4OS/c20-14-7-5-12(6-8-14)15-10-26-19-17(15)18(21-11-22-19)24-23-9-13-3-1-2-4-16(13)25/h1-11,25H,(H,21,22,24). The Bertz CT molecular complexity index is 1090. The number of aromatic hydroxyl groups is 1. The average molecular weight is 381 g/mol. The first-order valence-corrected chi connectivity index (χ1v) is 9.03. The number of phenols is 1. The number of hydrogen-bond donors (Lipinski definition) is 2. The van der Waals surface area contributed by atoms with Crippen molar-refractivity contribution in [2.24, 2.45) is 5.10 Å². The summed E-state index contributed by atoms with van der Waals surface area (Å²) in [5.41, 5.74) is 5.62. The summed E-state index contributed by atoms with van der Waals surface area (Å²) in [6.07, 6.45) is 3.06. The fourth-order valence-electron chi connectivity index (χ4n) is 2.56. The summed E-state index contributed by atoms with van der Waals surface area (Å²) in [6, 6.07) is 14.6. The van der Waals surface area contributed by atoms with Gasteiger partial charge in [0.2, 0.25) is 0 Å². The van der Waals surface area contributed by atoms with E-state index < -0.39 is 0 Å². The number of anilines is 1. The van der Waals surface area contributed by atoms with Crippen molar-refractivity contribution in [1.82, 2.24) is 9.97 Å². The van der Waals surface area contributed by atoms with Crippen LogP contribution in [0.2, 0.25) is 5.02 Å². The lowest BCUT2D eigenvalue weighted by Crippen LogP contribution is -1.95. The van der Waals surface area contributed by atoms with E-state index in [-0.39, 0.29) is 5.75 Å². The molecule has 0 saturated carbocycles. The Labute approximate surface area is 158 Å². The van der Waals surface area contributed by atoms with E-state index in [4.69, 9.17) is 11.6 Å². The number of nitrogens with zero attached hydrogens (tertiary/aromatic N) is 3. The molecule has 2 N–H and O–H groups in total. The van der Waals surface area contributed by atoms with E-state index in [1.54, 1.807) is 35.8 Å². The zero-order chi connectivity index (χ0) is 17.9. The summed E-state index contributed by atoms with van der Waals surface area (Å²) in [5, 5.41) is 17.6. The van der Waals surface area contributed by atoms with Crippen molar-refractivity contribution in [3.8, 4) is 16.9 Å². The lowest BCUT2D eigenvalue weighted by Gasteiger charge is -2.05. The van der Waals surface area contributed by atoms with Gasteiger partial charge in [0.05, 0.1) is 11.6 Å². The second-order valence-electron chi connectivity index (χ2n) is 5.49. The molecule has 0 unspecified atom stereocenters. The van der Waals surface area contributed by atoms with Gasteiger partial charge < -0.3 is 5.11 Å². The van der Waals surface area contributed by atoms with Gasteiger partial charge in [0, 0.05) is 21.5 Å². The van der Waals surface area contributed by atoms with Crippen molar-refractivity contribution in [2.45, 2.75) is 0 Å². The number of halogens is 1. The van der Waals surface area contributed by atoms with Crippen molar-refractivity contribution in [3.63, 3.8) is 0 Å². The molecule has 128 valence electrons. The third-order valence-electron chi connectivity index (χ3n) is 3.84. The van der Waals surface area contributed by atoms with Gasteiger partial charge in [0.15, 0.2) is 5.82 Å². The predicted molar refractivity (Wildman–Crippen MR) is 107 cm³/mol. The molecule has 0 amide bonds. The third-order valence-corrected chi connectivity index (χ3v) is 4.97. The first-order valence-electron chi connectivity index (χ1n) is 7.77. The molecular formula is C19H13ClN4OS. The minimum atomic E-state index is 0.170. The second kappa shape index (κ2) is 7.11. The van der Waals surface area contributed by atoms with Gasteiger partial charge in [-0.25, -0.2) is 9.97 Å². The quantitative estimate of drug-likeness (QED) is 0.379. The first kappa shape index (κ1) is 16.5. The fourth-order valence-corrected chi connectivity index (χ4v) is 3.60. The van der Waals surface area contributed by atoms with Gasteiger partial charge in [0.25, 0.3) is 0 Å². The number of fused-ring (bicyclic) bond motifs is 1. The van der Waals surface area contributed by atoms with Crippen molar-refractivity contribution in [3.05, 3.63) is 70.8 Å². The number of hydrazone groups is 1. The maximum absolute atomic E-state index is 9.81. The Morgan fingerprint density at radius 1 is 1.08 bits per heavy atom. The molecule has 4 rings (SSSR count). The molecule has 0 spiro atoms. The Kier molecular flexibility index (Phi) is 4.51. The van der Waals surface area contributed by atoms with Crippen LogP contribution in [0.3, 0.4) is 0 Å². The Morgan fingerprint density at radius 2 is 1.88 bits per heavy atom. The molecule has 0 aliphatic carbocycles. The summed E-state index contributed by atoms with van der Waals surface area (Å²) < 4.78 is 0. The number of para-hydroxylation sites is 1. The van der Waals surface area contributed by atoms with Crippen LogP contribution >= 0.6 is 22.9 Å². The van der Waals surface area contributed by atoms with Crippen LogP contribution < -0.4 is 5.43 Å². The van der Waals surface area contributed by atoms with Crippen LogP contribution in [0, 0.1) is 0 Å². The van der Waals surface area contributed by atoms with Gasteiger partial charge in [0.1, 0.15) is 16.9 Å². The Morgan fingerprint density at radius 3 is 2.69 bits per heavy atom. The molecule has 2 heterocycles. The molecule has 4 aromatic rings. The number of phenolic OH excluding ortho intramolecular Hbond substituents is 1. The first-order chi connectivity index (χ1) is 12.7. The largest absolute Gasteiger partial charge is 0.507 e. The molecule has 0 fully saturated rings. The smallest absolute Gasteiger partial charge is 0.159 e. The number of benzene rings is 2. The lowest BCUT2D eigenvalue weighted by atomic mass is 10.1. The number of thiophene rings is 1. The molecule has 26 heavy (non-hydrogen) atoms. The number of nitrogens with one attached hydrogen (secondary N) is 1. The topological polar surface area (TPSA) is 70.4 Å². The zero-order valence-electron chi connectivity index (χ0n) is 13.4. The Balaban J connectivity index is 1.70.